The summed E-state index contributed by atoms with van der Waals surface area (Å²) in [6.45, 7) is 5.33. The Kier molecular flexibility index (Phi) is 3.95. The molecule has 0 saturated heterocycles. The summed E-state index contributed by atoms with van der Waals surface area (Å²) in [5.74, 6) is 5.06. The maximum Gasteiger partial charge on any atom is 0.155 e. The molecule has 4 rings (SSSR count). The molecule has 0 aliphatic heterocycles. The van der Waals surface area contributed by atoms with Gasteiger partial charge >= 0.3 is 0 Å². The number of carbonyl (C=O) groups excluding carboxylic acids is 1. The average Bonchev–Trinajstić information content (AvgIpc) is 2.84. The second-order valence-electron chi connectivity index (χ2n) is 9.19. The lowest BCUT2D eigenvalue weighted by molar-refractivity contribution is -0.116. The molecular formula is C21H32O2. The average molecular weight is 316 g/mol. The van der Waals surface area contributed by atoms with Crippen molar-refractivity contribution in [1.29, 1.82) is 0 Å². The zero-order chi connectivity index (χ0) is 16.2. The maximum atomic E-state index is 11.8. The fourth-order valence-corrected chi connectivity index (χ4v) is 7.33. The van der Waals surface area contributed by atoms with Gasteiger partial charge in [-0.1, -0.05) is 19.4 Å². The van der Waals surface area contributed by atoms with E-state index < -0.39 is 0 Å². The first-order valence-corrected chi connectivity index (χ1v) is 9.88. The van der Waals surface area contributed by atoms with Gasteiger partial charge in [-0.25, -0.2) is 0 Å². The van der Waals surface area contributed by atoms with E-state index in [1.165, 1.54) is 31.3 Å². The number of carbonyl (C=O) groups is 1. The SMILES string of the molecule is C[C@@H]1CC2=CC(=O)CCC2C2CC[C@@]3(C)C(CC[C@@H]3CCO)C21. The minimum Gasteiger partial charge on any atom is -0.396 e. The minimum atomic E-state index is 0.355. The van der Waals surface area contributed by atoms with Crippen molar-refractivity contribution in [3.05, 3.63) is 11.6 Å². The second kappa shape index (κ2) is 5.72. The molecule has 23 heavy (non-hydrogen) atoms. The van der Waals surface area contributed by atoms with Gasteiger partial charge in [-0.15, -0.1) is 0 Å². The third kappa shape index (κ3) is 2.35. The first kappa shape index (κ1) is 15.9. The normalized spacial score (nSPS) is 49.2. The fraction of sp³-hybridized carbons (Fsp3) is 0.857. The second-order valence-corrected chi connectivity index (χ2v) is 9.19. The lowest BCUT2D eigenvalue weighted by atomic mass is 9.49. The number of fused-ring (bicyclic) bond motifs is 5. The Morgan fingerprint density at radius 2 is 2.09 bits per heavy atom. The van der Waals surface area contributed by atoms with Gasteiger partial charge in [0.25, 0.3) is 0 Å². The third-order valence-corrected chi connectivity index (χ3v) is 8.31. The van der Waals surface area contributed by atoms with E-state index in [4.69, 9.17) is 0 Å². The summed E-state index contributed by atoms with van der Waals surface area (Å²) in [7, 11) is 0. The molecule has 0 aromatic carbocycles. The van der Waals surface area contributed by atoms with Crippen LogP contribution in [0.25, 0.3) is 0 Å². The maximum absolute atomic E-state index is 11.8. The van der Waals surface area contributed by atoms with E-state index in [2.05, 4.69) is 13.8 Å². The number of allylic oxidation sites excluding steroid dienone is 1. The molecule has 1 N–H and O–H groups in total. The summed E-state index contributed by atoms with van der Waals surface area (Å²) in [4.78, 5) is 11.8. The van der Waals surface area contributed by atoms with Crippen LogP contribution in [-0.2, 0) is 4.79 Å². The van der Waals surface area contributed by atoms with Gasteiger partial charge < -0.3 is 5.11 Å². The van der Waals surface area contributed by atoms with Gasteiger partial charge in [0, 0.05) is 13.0 Å². The highest BCUT2D eigenvalue weighted by molar-refractivity contribution is 5.91. The van der Waals surface area contributed by atoms with Crippen LogP contribution >= 0.6 is 0 Å². The van der Waals surface area contributed by atoms with Crippen molar-refractivity contribution in [3.63, 3.8) is 0 Å². The highest BCUT2D eigenvalue weighted by Crippen LogP contribution is 2.65. The molecule has 4 aliphatic rings. The minimum absolute atomic E-state index is 0.355. The third-order valence-electron chi connectivity index (χ3n) is 8.31. The molecule has 0 radical (unpaired) electrons. The number of hydrogen-bond donors (Lipinski definition) is 1. The molecule has 7 atom stereocenters. The van der Waals surface area contributed by atoms with Crippen LogP contribution in [0, 0.1) is 40.9 Å². The highest BCUT2D eigenvalue weighted by atomic mass is 16.3. The van der Waals surface area contributed by atoms with Crippen LogP contribution in [0.4, 0.5) is 0 Å². The first-order chi connectivity index (χ1) is 11.0. The van der Waals surface area contributed by atoms with Crippen molar-refractivity contribution >= 4 is 5.78 Å². The number of aliphatic hydroxyl groups excluding tert-OH is 1. The van der Waals surface area contributed by atoms with E-state index in [1.807, 2.05) is 6.08 Å². The Balaban J connectivity index is 1.63. The van der Waals surface area contributed by atoms with Gasteiger partial charge in [-0.3, -0.25) is 4.79 Å². The van der Waals surface area contributed by atoms with Crippen molar-refractivity contribution < 1.29 is 9.90 Å². The Hall–Kier alpha value is -0.630. The molecule has 128 valence electrons. The molecule has 0 heterocycles. The molecule has 0 aromatic heterocycles. The number of rotatable bonds is 2. The molecule has 2 heteroatoms. The van der Waals surface area contributed by atoms with E-state index in [1.54, 1.807) is 0 Å². The largest absolute Gasteiger partial charge is 0.396 e. The zero-order valence-corrected chi connectivity index (χ0v) is 14.8. The van der Waals surface area contributed by atoms with E-state index in [9.17, 15) is 9.90 Å². The van der Waals surface area contributed by atoms with E-state index >= 15 is 0 Å². The lowest BCUT2D eigenvalue weighted by Gasteiger charge is -2.56. The molecule has 0 aromatic rings. The van der Waals surface area contributed by atoms with Gasteiger partial charge in [0.2, 0.25) is 0 Å². The number of hydrogen-bond acceptors (Lipinski definition) is 2. The van der Waals surface area contributed by atoms with Gasteiger partial charge in [-0.05, 0) is 91.9 Å². The topological polar surface area (TPSA) is 37.3 Å². The molecule has 4 aliphatic carbocycles. The lowest BCUT2D eigenvalue weighted by Crippen LogP contribution is -2.49. The summed E-state index contributed by atoms with van der Waals surface area (Å²) in [5.41, 5.74) is 1.95. The van der Waals surface area contributed by atoms with Crippen LogP contribution in [0.3, 0.4) is 0 Å². The van der Waals surface area contributed by atoms with Crippen LogP contribution in [0.2, 0.25) is 0 Å². The zero-order valence-electron chi connectivity index (χ0n) is 14.8. The monoisotopic (exact) mass is 316 g/mol. The van der Waals surface area contributed by atoms with Crippen molar-refractivity contribution in [2.75, 3.05) is 6.61 Å². The molecule has 3 saturated carbocycles. The van der Waals surface area contributed by atoms with Gasteiger partial charge in [0.15, 0.2) is 5.78 Å². The Bertz CT molecular complexity index is 522. The van der Waals surface area contributed by atoms with E-state index in [-0.39, 0.29) is 0 Å². The predicted molar refractivity (Wildman–Crippen MR) is 91.8 cm³/mol. The van der Waals surface area contributed by atoms with E-state index in [0.717, 1.165) is 55.3 Å². The molecule has 3 fully saturated rings. The first-order valence-electron chi connectivity index (χ1n) is 9.88. The van der Waals surface area contributed by atoms with Crippen LogP contribution in [0.1, 0.15) is 65.2 Å². The number of aliphatic hydroxyl groups is 1. The van der Waals surface area contributed by atoms with Crippen LogP contribution in [0.15, 0.2) is 11.6 Å². The molecule has 2 nitrogen and oxygen atoms in total. The standard InChI is InChI=1S/C21H32O2/c1-13-11-14-12-16(23)4-5-17(14)18-7-9-21(2)15(8-10-22)3-6-19(21)20(13)18/h12-13,15,17-20,22H,3-11H2,1-2H3/t13-,15-,17?,18?,19?,20?,21-/m1/s1. The quantitative estimate of drug-likeness (QED) is 0.821. The summed E-state index contributed by atoms with van der Waals surface area (Å²) >= 11 is 0. The Morgan fingerprint density at radius 3 is 2.87 bits per heavy atom. The summed E-state index contributed by atoms with van der Waals surface area (Å²) in [6.07, 6.45) is 11.5. The Labute approximate surface area is 140 Å². The van der Waals surface area contributed by atoms with Crippen molar-refractivity contribution in [3.8, 4) is 0 Å². The van der Waals surface area contributed by atoms with Crippen molar-refractivity contribution in [1.82, 2.24) is 0 Å². The smallest absolute Gasteiger partial charge is 0.155 e. The molecule has 4 unspecified atom stereocenters. The summed E-state index contributed by atoms with van der Waals surface area (Å²) in [5, 5.41) is 9.46. The molecule has 0 spiro atoms. The molecule has 0 amide bonds. The highest BCUT2D eigenvalue weighted by Gasteiger charge is 2.57. The van der Waals surface area contributed by atoms with Gasteiger partial charge in [-0.2, -0.15) is 0 Å². The Morgan fingerprint density at radius 1 is 1.26 bits per heavy atom. The van der Waals surface area contributed by atoms with Crippen LogP contribution in [-0.4, -0.2) is 17.5 Å². The van der Waals surface area contributed by atoms with Gasteiger partial charge in [0.1, 0.15) is 0 Å². The van der Waals surface area contributed by atoms with Crippen molar-refractivity contribution in [2.24, 2.45) is 40.9 Å². The van der Waals surface area contributed by atoms with Crippen molar-refractivity contribution in [2.45, 2.75) is 65.2 Å². The fourth-order valence-electron chi connectivity index (χ4n) is 7.33. The summed E-state index contributed by atoms with van der Waals surface area (Å²) < 4.78 is 0. The van der Waals surface area contributed by atoms with Crippen LogP contribution in [0.5, 0.6) is 0 Å². The van der Waals surface area contributed by atoms with E-state index in [0.29, 0.717) is 23.7 Å². The number of ketones is 1. The summed E-state index contributed by atoms with van der Waals surface area (Å²) in [6, 6.07) is 0. The predicted octanol–water partition coefficient (Wildman–Crippen LogP) is 4.37. The molecular weight excluding hydrogens is 284 g/mol. The van der Waals surface area contributed by atoms with Gasteiger partial charge in [0.05, 0.1) is 0 Å². The molecule has 0 bridgehead atoms. The van der Waals surface area contributed by atoms with Crippen LogP contribution < -0.4 is 0 Å².